The van der Waals surface area contributed by atoms with Crippen molar-refractivity contribution < 1.29 is 9.47 Å². The summed E-state index contributed by atoms with van der Waals surface area (Å²) in [5.74, 6) is 0. The molecule has 2 aromatic rings. The smallest absolute Gasteiger partial charge is 0.192 e. The molecular formula is C8H9IN4O2. The Hall–Kier alpha value is -0.800. The number of fused-ring (bicyclic) bond motifs is 1. The highest BCUT2D eigenvalue weighted by molar-refractivity contribution is 14.1. The van der Waals surface area contributed by atoms with Crippen LogP contribution in [0.15, 0.2) is 12.5 Å². The summed E-state index contributed by atoms with van der Waals surface area (Å²) in [4.78, 5) is 14.9. The molecule has 2 aromatic heterocycles. The van der Waals surface area contributed by atoms with Crippen molar-refractivity contribution in [3.05, 3.63) is 16.4 Å². The summed E-state index contributed by atoms with van der Waals surface area (Å²) in [7, 11) is 0. The van der Waals surface area contributed by atoms with Crippen LogP contribution >= 0.6 is 22.6 Å². The van der Waals surface area contributed by atoms with Crippen LogP contribution in [0.3, 0.4) is 0 Å². The van der Waals surface area contributed by atoms with Crippen molar-refractivity contribution in [1.29, 1.82) is 0 Å². The van der Waals surface area contributed by atoms with Gasteiger partial charge >= 0.3 is 0 Å². The van der Waals surface area contributed by atoms with E-state index < -0.39 is 0 Å². The zero-order valence-electron chi connectivity index (χ0n) is 7.81. The van der Waals surface area contributed by atoms with Gasteiger partial charge in [0.15, 0.2) is 9.48 Å². The van der Waals surface area contributed by atoms with Gasteiger partial charge in [-0.25, -0.2) is 15.0 Å². The molecule has 1 N–H and O–H groups in total. The molecule has 3 heterocycles. The lowest BCUT2D eigenvalue weighted by Gasteiger charge is -1.85. The first-order valence-electron chi connectivity index (χ1n) is 4.33. The Labute approximate surface area is 99.6 Å². The highest BCUT2D eigenvalue weighted by atomic mass is 127. The second-order valence-electron chi connectivity index (χ2n) is 2.71. The van der Waals surface area contributed by atoms with E-state index >= 15 is 0 Å². The van der Waals surface area contributed by atoms with Gasteiger partial charge in [-0.15, -0.1) is 0 Å². The third kappa shape index (κ3) is 3.08. The van der Waals surface area contributed by atoms with E-state index in [1.54, 1.807) is 12.5 Å². The number of rotatable bonds is 0. The maximum absolute atomic E-state index is 4.72. The summed E-state index contributed by atoms with van der Waals surface area (Å²) in [5.41, 5.74) is 1.60. The average molecular weight is 320 g/mol. The number of aromatic amines is 1. The number of nitrogens with one attached hydrogen (secondary N) is 1. The molecule has 0 unspecified atom stereocenters. The number of halogens is 1. The zero-order chi connectivity index (χ0) is 10.5. The van der Waals surface area contributed by atoms with E-state index in [1.165, 1.54) is 0 Å². The van der Waals surface area contributed by atoms with Gasteiger partial charge in [0.05, 0.1) is 25.7 Å². The van der Waals surface area contributed by atoms with E-state index in [-0.39, 0.29) is 0 Å². The first-order valence-corrected chi connectivity index (χ1v) is 5.41. The Balaban J connectivity index is 0.000000144. The molecule has 1 saturated heterocycles. The second-order valence-corrected chi connectivity index (χ2v) is 3.68. The van der Waals surface area contributed by atoms with E-state index in [9.17, 15) is 0 Å². The van der Waals surface area contributed by atoms with Gasteiger partial charge in [-0.05, 0) is 0 Å². The zero-order valence-corrected chi connectivity index (χ0v) is 9.97. The molecule has 15 heavy (non-hydrogen) atoms. The molecule has 0 bridgehead atoms. The fourth-order valence-electron chi connectivity index (χ4n) is 1.01. The molecule has 0 saturated carbocycles. The van der Waals surface area contributed by atoms with Gasteiger partial charge in [0.25, 0.3) is 0 Å². The molecule has 0 spiro atoms. The van der Waals surface area contributed by atoms with Gasteiger partial charge in [0, 0.05) is 22.6 Å². The number of imidazole rings is 1. The molecule has 3 rings (SSSR count). The summed E-state index contributed by atoms with van der Waals surface area (Å²) in [6.07, 6.45) is 3.33. The Morgan fingerprint density at radius 1 is 1.27 bits per heavy atom. The van der Waals surface area contributed by atoms with Crippen LogP contribution in [0.25, 0.3) is 11.2 Å². The van der Waals surface area contributed by atoms with Gasteiger partial charge < -0.3 is 14.5 Å². The van der Waals surface area contributed by atoms with Crippen molar-refractivity contribution in [2.24, 2.45) is 0 Å². The number of hydrogen-bond donors (Lipinski definition) is 1. The van der Waals surface area contributed by atoms with Crippen LogP contribution in [-0.4, -0.2) is 39.9 Å². The van der Waals surface area contributed by atoms with Crippen molar-refractivity contribution in [2.75, 3.05) is 20.0 Å². The van der Waals surface area contributed by atoms with Crippen molar-refractivity contribution in [2.45, 2.75) is 0 Å². The lowest BCUT2D eigenvalue weighted by Crippen LogP contribution is -1.85. The maximum atomic E-state index is 4.72. The monoisotopic (exact) mass is 320 g/mol. The molecule has 1 fully saturated rings. The fraction of sp³-hybridized carbons (Fsp3) is 0.375. The first kappa shape index (κ1) is 10.7. The van der Waals surface area contributed by atoms with Gasteiger partial charge in [0.2, 0.25) is 0 Å². The van der Waals surface area contributed by atoms with Gasteiger partial charge in [-0.1, -0.05) is 0 Å². The minimum Gasteiger partial charge on any atom is -0.353 e. The van der Waals surface area contributed by atoms with Crippen LogP contribution in [0.1, 0.15) is 0 Å². The van der Waals surface area contributed by atoms with Crippen molar-refractivity contribution in [1.82, 2.24) is 19.9 Å². The normalized spacial score (nSPS) is 15.0. The van der Waals surface area contributed by atoms with Crippen LogP contribution in [0.2, 0.25) is 0 Å². The van der Waals surface area contributed by atoms with Gasteiger partial charge in [-0.2, -0.15) is 0 Å². The van der Waals surface area contributed by atoms with Crippen molar-refractivity contribution in [3.8, 4) is 0 Å². The number of aromatic nitrogens is 4. The number of ether oxygens (including phenoxy) is 2. The van der Waals surface area contributed by atoms with Crippen molar-refractivity contribution >= 4 is 33.8 Å². The predicted octanol–water partition coefficient (Wildman–Crippen LogP) is 0.948. The molecule has 6 nitrogen and oxygen atoms in total. The highest BCUT2D eigenvalue weighted by Gasteiger charge is 1.96. The minimum atomic E-state index is 0.500. The second kappa shape index (κ2) is 5.33. The minimum absolute atomic E-state index is 0.500. The summed E-state index contributed by atoms with van der Waals surface area (Å²) in [6.45, 7) is 2.06. The summed E-state index contributed by atoms with van der Waals surface area (Å²) in [5, 5.41) is 0. The lowest BCUT2D eigenvalue weighted by molar-refractivity contribution is 0.0692. The summed E-state index contributed by atoms with van der Waals surface area (Å²) in [6, 6.07) is 0. The molecular weight excluding hydrogens is 311 g/mol. The van der Waals surface area contributed by atoms with E-state index in [1.807, 2.05) is 22.6 Å². The van der Waals surface area contributed by atoms with E-state index in [4.69, 9.17) is 9.47 Å². The molecule has 0 radical (unpaired) electrons. The first-order chi connectivity index (χ1) is 7.36. The molecule has 0 atom stereocenters. The van der Waals surface area contributed by atoms with Crippen LogP contribution in [0.5, 0.6) is 0 Å². The van der Waals surface area contributed by atoms with Crippen LogP contribution in [0, 0.1) is 3.83 Å². The van der Waals surface area contributed by atoms with Gasteiger partial charge in [-0.3, -0.25) is 0 Å². The quantitative estimate of drug-likeness (QED) is 0.578. The molecule has 0 aromatic carbocycles. The summed E-state index contributed by atoms with van der Waals surface area (Å²) < 4.78 is 10.2. The van der Waals surface area contributed by atoms with E-state index in [2.05, 4.69) is 19.9 Å². The largest absolute Gasteiger partial charge is 0.353 e. The molecule has 0 amide bonds. The SMILES string of the molecule is C1COCO1.Ic1ncc2[nH]cnc2n1. The Bertz CT molecular complexity index is 422. The van der Waals surface area contributed by atoms with Crippen LogP contribution in [0.4, 0.5) is 0 Å². The average Bonchev–Trinajstić information content (AvgIpc) is 2.91. The Kier molecular flexibility index (Phi) is 3.80. The molecule has 1 aliphatic rings. The number of nitrogens with zero attached hydrogens (tertiary/aromatic N) is 3. The molecule has 80 valence electrons. The highest BCUT2D eigenvalue weighted by Crippen LogP contribution is 2.04. The standard InChI is InChI=1S/C5H3IN4.C3H6O2/c6-5-7-1-3-4(10-5)9-2-8-3;1-2-5-3-4-1/h1-2H,(H,7,8,9,10);1-3H2. The van der Waals surface area contributed by atoms with E-state index in [0.717, 1.165) is 28.2 Å². The number of hydrogen-bond acceptors (Lipinski definition) is 5. The fourth-order valence-corrected chi connectivity index (χ4v) is 1.38. The molecule has 0 aliphatic carbocycles. The van der Waals surface area contributed by atoms with Gasteiger partial charge in [0.1, 0.15) is 12.3 Å². The predicted molar refractivity (Wildman–Crippen MR) is 61.2 cm³/mol. The van der Waals surface area contributed by atoms with Crippen molar-refractivity contribution in [3.63, 3.8) is 0 Å². The van der Waals surface area contributed by atoms with Crippen LogP contribution in [-0.2, 0) is 9.47 Å². The summed E-state index contributed by atoms with van der Waals surface area (Å²) >= 11 is 2.05. The maximum Gasteiger partial charge on any atom is 0.192 e. The number of H-pyrrole nitrogens is 1. The molecule has 7 heteroatoms. The third-order valence-corrected chi connectivity index (χ3v) is 2.20. The van der Waals surface area contributed by atoms with E-state index in [0.29, 0.717) is 6.79 Å². The van der Waals surface area contributed by atoms with Crippen LogP contribution < -0.4 is 0 Å². The topological polar surface area (TPSA) is 72.9 Å². The Morgan fingerprint density at radius 2 is 2.07 bits per heavy atom. The Morgan fingerprint density at radius 3 is 2.73 bits per heavy atom. The third-order valence-electron chi connectivity index (χ3n) is 1.68. The lowest BCUT2D eigenvalue weighted by atomic mass is 10.6. The molecule has 1 aliphatic heterocycles.